The fourth-order valence-electron chi connectivity index (χ4n) is 3.13. The van der Waals surface area contributed by atoms with Crippen LogP contribution in [-0.2, 0) is 0 Å². The molecule has 3 N–H and O–H groups in total. The summed E-state index contributed by atoms with van der Waals surface area (Å²) < 4.78 is 14.2. The Labute approximate surface area is 159 Å². The first kappa shape index (κ1) is 17.7. The number of pyridine rings is 1. The summed E-state index contributed by atoms with van der Waals surface area (Å²) in [4.78, 5) is 27.4. The molecule has 1 amide bonds. The van der Waals surface area contributed by atoms with Gasteiger partial charge in [-0.3, -0.25) is 9.78 Å². The fraction of sp³-hybridized carbons (Fsp3) is 0.333. The monoisotopic (exact) mass is 386 g/mol. The van der Waals surface area contributed by atoms with Crippen molar-refractivity contribution in [3.63, 3.8) is 0 Å². The number of hydrogen-bond acceptors (Lipinski definition) is 7. The lowest BCUT2D eigenvalue weighted by molar-refractivity contribution is 0.0450. The van der Waals surface area contributed by atoms with E-state index >= 15 is 0 Å². The van der Waals surface area contributed by atoms with Gasteiger partial charge in [-0.1, -0.05) is 0 Å². The second kappa shape index (κ2) is 6.50. The van der Waals surface area contributed by atoms with Crippen LogP contribution in [0.2, 0.25) is 0 Å². The molecule has 3 aromatic rings. The Morgan fingerprint density at radius 3 is 2.89 bits per heavy atom. The molecule has 0 saturated carbocycles. The number of halogens is 1. The summed E-state index contributed by atoms with van der Waals surface area (Å²) in [5, 5.41) is 5.01. The van der Waals surface area contributed by atoms with Gasteiger partial charge in [0.1, 0.15) is 5.82 Å². The smallest absolute Gasteiger partial charge is 0.274 e. The third-order valence-electron chi connectivity index (χ3n) is 4.47. The van der Waals surface area contributed by atoms with Crippen LogP contribution in [-0.4, -0.2) is 44.4 Å². The van der Waals surface area contributed by atoms with Crippen molar-refractivity contribution in [1.82, 2.24) is 19.9 Å². The van der Waals surface area contributed by atoms with Crippen molar-refractivity contribution in [2.24, 2.45) is 5.73 Å². The van der Waals surface area contributed by atoms with Crippen LogP contribution in [0.3, 0.4) is 0 Å². The summed E-state index contributed by atoms with van der Waals surface area (Å²) in [6.45, 7) is 4.77. The van der Waals surface area contributed by atoms with Crippen LogP contribution >= 0.6 is 11.3 Å². The molecular formula is C18H19FN6OS. The quantitative estimate of drug-likeness (QED) is 0.715. The standard InChI is InChI=1S/C18H19FN6OS/c1-10(11-5-12(19)7-21-6-11)22-17-23-13-3-4-27-15(13)14(24-17)16(26)25-8-18(2,20)9-25/h3-7,10H,8-9,20H2,1-2H3,(H,22,23,24)/t10-/m0/s1. The predicted molar refractivity (Wildman–Crippen MR) is 102 cm³/mol. The van der Waals surface area contributed by atoms with Gasteiger partial charge in [0.2, 0.25) is 5.95 Å². The van der Waals surface area contributed by atoms with Crippen molar-refractivity contribution < 1.29 is 9.18 Å². The Bertz CT molecular complexity index is 1010. The Hall–Kier alpha value is -2.65. The molecule has 0 radical (unpaired) electrons. The van der Waals surface area contributed by atoms with Crippen molar-refractivity contribution >= 4 is 33.4 Å². The van der Waals surface area contributed by atoms with E-state index in [1.165, 1.54) is 17.4 Å². The molecule has 4 heterocycles. The third kappa shape index (κ3) is 3.47. The Morgan fingerprint density at radius 2 is 2.19 bits per heavy atom. The van der Waals surface area contributed by atoms with Crippen LogP contribution < -0.4 is 11.1 Å². The summed E-state index contributed by atoms with van der Waals surface area (Å²) in [5.41, 5.74) is 7.39. The van der Waals surface area contributed by atoms with Gasteiger partial charge in [-0.25, -0.2) is 14.4 Å². The van der Waals surface area contributed by atoms with E-state index in [2.05, 4.69) is 20.3 Å². The number of carbonyl (C=O) groups is 1. The normalized spacial score (nSPS) is 16.8. The number of nitrogens with one attached hydrogen (secondary N) is 1. The summed E-state index contributed by atoms with van der Waals surface area (Å²) >= 11 is 1.43. The van der Waals surface area contributed by atoms with Gasteiger partial charge in [0, 0.05) is 24.8 Å². The van der Waals surface area contributed by atoms with Crippen LogP contribution in [0.15, 0.2) is 29.9 Å². The third-order valence-corrected chi connectivity index (χ3v) is 5.38. The number of nitrogens with zero attached hydrogens (tertiary/aromatic N) is 4. The first-order valence-corrected chi connectivity index (χ1v) is 9.41. The molecule has 9 heteroatoms. The zero-order valence-corrected chi connectivity index (χ0v) is 15.8. The van der Waals surface area contributed by atoms with Crippen molar-refractivity contribution in [2.45, 2.75) is 25.4 Å². The second-order valence-corrected chi connectivity index (χ2v) is 8.06. The van der Waals surface area contributed by atoms with Crippen LogP contribution in [0.5, 0.6) is 0 Å². The summed E-state index contributed by atoms with van der Waals surface area (Å²) in [7, 11) is 0. The molecule has 1 aliphatic rings. The maximum Gasteiger partial charge on any atom is 0.274 e. The van der Waals surface area contributed by atoms with E-state index in [1.807, 2.05) is 25.3 Å². The lowest BCUT2D eigenvalue weighted by Gasteiger charge is -2.45. The molecule has 1 atom stereocenters. The maximum atomic E-state index is 13.4. The number of aromatic nitrogens is 3. The van der Waals surface area contributed by atoms with E-state index in [4.69, 9.17) is 5.73 Å². The molecular weight excluding hydrogens is 367 g/mol. The molecule has 0 unspecified atom stereocenters. The fourth-order valence-corrected chi connectivity index (χ4v) is 3.95. The number of thiophene rings is 1. The number of carbonyl (C=O) groups excluding carboxylic acids is 1. The van der Waals surface area contributed by atoms with E-state index in [-0.39, 0.29) is 17.5 Å². The maximum absolute atomic E-state index is 13.4. The molecule has 4 rings (SSSR count). The van der Waals surface area contributed by atoms with E-state index in [0.29, 0.717) is 35.8 Å². The van der Waals surface area contributed by atoms with Crippen molar-refractivity contribution in [3.05, 3.63) is 47.0 Å². The molecule has 0 aliphatic carbocycles. The van der Waals surface area contributed by atoms with Gasteiger partial charge in [0.15, 0.2) is 5.69 Å². The van der Waals surface area contributed by atoms with Crippen LogP contribution in [0.1, 0.15) is 35.9 Å². The number of likely N-dealkylation sites (tertiary alicyclic amines) is 1. The molecule has 7 nitrogen and oxygen atoms in total. The Kier molecular flexibility index (Phi) is 4.27. The number of fused-ring (bicyclic) bond motifs is 1. The molecule has 3 aromatic heterocycles. The van der Waals surface area contributed by atoms with Gasteiger partial charge >= 0.3 is 0 Å². The highest BCUT2D eigenvalue weighted by Crippen LogP contribution is 2.28. The highest BCUT2D eigenvalue weighted by Gasteiger charge is 2.39. The van der Waals surface area contributed by atoms with Gasteiger partial charge in [-0.2, -0.15) is 0 Å². The van der Waals surface area contributed by atoms with E-state index in [9.17, 15) is 9.18 Å². The SMILES string of the molecule is C[C@H](Nc1nc(C(=O)N2CC(C)(N)C2)c2sccc2n1)c1cncc(F)c1. The minimum absolute atomic E-state index is 0.157. The molecule has 1 fully saturated rings. The van der Waals surface area contributed by atoms with Crippen molar-refractivity contribution in [2.75, 3.05) is 18.4 Å². The minimum atomic E-state index is -0.408. The lowest BCUT2D eigenvalue weighted by atomic mass is 9.93. The molecule has 0 bridgehead atoms. The number of amides is 1. The first-order chi connectivity index (χ1) is 12.8. The molecule has 0 spiro atoms. The molecule has 1 saturated heterocycles. The van der Waals surface area contributed by atoms with Crippen LogP contribution in [0.25, 0.3) is 10.2 Å². The molecule has 1 aliphatic heterocycles. The van der Waals surface area contributed by atoms with E-state index < -0.39 is 5.82 Å². The molecule has 0 aromatic carbocycles. The summed E-state index contributed by atoms with van der Waals surface area (Å²) in [6.07, 6.45) is 2.73. The zero-order chi connectivity index (χ0) is 19.2. The van der Waals surface area contributed by atoms with Gasteiger partial charge in [0.25, 0.3) is 5.91 Å². The van der Waals surface area contributed by atoms with Gasteiger partial charge in [-0.05, 0) is 36.9 Å². The van der Waals surface area contributed by atoms with Gasteiger partial charge < -0.3 is 16.0 Å². The Morgan fingerprint density at radius 1 is 1.41 bits per heavy atom. The van der Waals surface area contributed by atoms with Crippen molar-refractivity contribution in [3.8, 4) is 0 Å². The number of nitrogens with two attached hydrogens (primary N) is 1. The van der Waals surface area contributed by atoms with Crippen LogP contribution in [0, 0.1) is 5.82 Å². The van der Waals surface area contributed by atoms with Gasteiger partial charge in [0.05, 0.1) is 22.5 Å². The summed E-state index contributed by atoms with van der Waals surface area (Å²) in [5.74, 6) is -0.248. The predicted octanol–water partition coefficient (Wildman–Crippen LogP) is 2.57. The first-order valence-electron chi connectivity index (χ1n) is 8.53. The molecule has 27 heavy (non-hydrogen) atoms. The lowest BCUT2D eigenvalue weighted by Crippen LogP contribution is -2.66. The largest absolute Gasteiger partial charge is 0.348 e. The topological polar surface area (TPSA) is 97.0 Å². The average Bonchev–Trinajstić information content (AvgIpc) is 3.06. The highest BCUT2D eigenvalue weighted by atomic mass is 32.1. The number of anilines is 1. The van der Waals surface area contributed by atoms with E-state index in [0.717, 1.165) is 10.9 Å². The average molecular weight is 386 g/mol. The van der Waals surface area contributed by atoms with Crippen molar-refractivity contribution in [1.29, 1.82) is 0 Å². The van der Waals surface area contributed by atoms with Crippen LogP contribution in [0.4, 0.5) is 10.3 Å². The minimum Gasteiger partial charge on any atom is -0.348 e. The van der Waals surface area contributed by atoms with E-state index in [1.54, 1.807) is 11.1 Å². The summed E-state index contributed by atoms with van der Waals surface area (Å²) in [6, 6.07) is 2.98. The second-order valence-electron chi connectivity index (χ2n) is 7.15. The van der Waals surface area contributed by atoms with Gasteiger partial charge in [-0.15, -0.1) is 11.3 Å². The number of hydrogen-bond donors (Lipinski definition) is 2. The highest BCUT2D eigenvalue weighted by molar-refractivity contribution is 7.17. The zero-order valence-electron chi connectivity index (χ0n) is 14.9. The molecule has 140 valence electrons. The number of rotatable bonds is 4. The Balaban J connectivity index is 1.63.